The zero-order valence-corrected chi connectivity index (χ0v) is 18.8. The molecule has 1 aromatic carbocycles. The van der Waals surface area contributed by atoms with Crippen LogP contribution in [0.2, 0.25) is 0 Å². The average molecular weight is 469 g/mol. The molecule has 3 aliphatic heterocycles. The molecule has 32 heavy (non-hydrogen) atoms. The maximum atomic E-state index is 14.4. The molecule has 3 heterocycles. The molecule has 11 heteroatoms. The smallest absolute Gasteiger partial charge is 0.319 e. The van der Waals surface area contributed by atoms with E-state index in [2.05, 4.69) is 5.32 Å². The van der Waals surface area contributed by atoms with Crippen LogP contribution < -0.4 is 5.32 Å². The number of piperidine rings is 1. The van der Waals surface area contributed by atoms with Crippen LogP contribution >= 0.6 is 0 Å². The van der Waals surface area contributed by atoms with Gasteiger partial charge in [0.05, 0.1) is 13.2 Å². The van der Waals surface area contributed by atoms with Crippen LogP contribution in [0.3, 0.4) is 0 Å². The van der Waals surface area contributed by atoms with Crippen molar-refractivity contribution in [2.45, 2.75) is 30.6 Å². The van der Waals surface area contributed by atoms with Gasteiger partial charge < -0.3 is 19.9 Å². The fourth-order valence-corrected chi connectivity index (χ4v) is 5.89. The van der Waals surface area contributed by atoms with Crippen molar-refractivity contribution in [1.29, 1.82) is 0 Å². The summed E-state index contributed by atoms with van der Waals surface area (Å²) in [4.78, 5) is 28.5. The summed E-state index contributed by atoms with van der Waals surface area (Å²) >= 11 is 0. The predicted octanol–water partition coefficient (Wildman–Crippen LogP) is 1.71. The first-order valence-electron chi connectivity index (χ1n) is 11.1. The Bertz CT molecular complexity index is 953. The highest BCUT2D eigenvalue weighted by Crippen LogP contribution is 2.26. The number of morpholine rings is 1. The first kappa shape index (κ1) is 22.9. The quantitative estimate of drug-likeness (QED) is 0.725. The minimum atomic E-state index is -4.02. The molecule has 1 aromatic rings. The number of nitrogens with one attached hydrogen (secondary N) is 1. The number of hydrogen-bond acceptors (Lipinski definition) is 5. The number of carbonyl (C=O) groups excluding carboxylic acids is 2. The van der Waals surface area contributed by atoms with E-state index in [1.54, 1.807) is 4.90 Å². The summed E-state index contributed by atoms with van der Waals surface area (Å²) < 4.78 is 46.4. The van der Waals surface area contributed by atoms with Crippen LogP contribution in [0.4, 0.5) is 14.9 Å². The number of halogens is 1. The minimum absolute atomic E-state index is 0.0397. The number of likely N-dealkylation sites (tertiary alicyclic amines) is 2. The summed E-state index contributed by atoms with van der Waals surface area (Å²) in [5, 5.41) is 2.73. The number of ether oxygens (including phenoxy) is 1. The fourth-order valence-electron chi connectivity index (χ4n) is 4.39. The van der Waals surface area contributed by atoms with Crippen molar-refractivity contribution >= 4 is 27.6 Å². The van der Waals surface area contributed by atoms with Gasteiger partial charge in [-0.05, 0) is 43.9 Å². The number of anilines is 1. The second-order valence-electron chi connectivity index (χ2n) is 8.39. The van der Waals surface area contributed by atoms with Gasteiger partial charge in [0, 0.05) is 50.9 Å². The van der Waals surface area contributed by atoms with Gasteiger partial charge in [-0.2, -0.15) is 4.31 Å². The summed E-state index contributed by atoms with van der Waals surface area (Å²) in [5.74, 6) is -1.40. The summed E-state index contributed by atoms with van der Waals surface area (Å²) in [5.41, 5.74) is 0.235. The molecule has 1 N–H and O–H groups in total. The van der Waals surface area contributed by atoms with E-state index >= 15 is 0 Å². The molecule has 0 radical (unpaired) electrons. The van der Waals surface area contributed by atoms with Gasteiger partial charge >= 0.3 is 6.03 Å². The molecule has 0 saturated carbocycles. The Balaban J connectivity index is 1.37. The number of rotatable bonds is 4. The van der Waals surface area contributed by atoms with E-state index in [-0.39, 0.29) is 49.8 Å². The van der Waals surface area contributed by atoms with Crippen LogP contribution in [0.1, 0.15) is 25.7 Å². The molecular weight excluding hydrogens is 439 g/mol. The van der Waals surface area contributed by atoms with Crippen molar-refractivity contribution in [1.82, 2.24) is 14.1 Å². The van der Waals surface area contributed by atoms with Crippen LogP contribution in [0.25, 0.3) is 0 Å². The van der Waals surface area contributed by atoms with E-state index in [4.69, 9.17) is 4.74 Å². The van der Waals surface area contributed by atoms with Gasteiger partial charge in [-0.1, -0.05) is 0 Å². The van der Waals surface area contributed by atoms with Crippen molar-refractivity contribution in [2.24, 2.45) is 5.92 Å². The number of nitrogens with zero attached hydrogens (tertiary/aromatic N) is 3. The van der Waals surface area contributed by atoms with E-state index in [1.807, 2.05) is 4.90 Å². The molecule has 0 spiro atoms. The Morgan fingerprint density at radius 2 is 1.59 bits per heavy atom. The Morgan fingerprint density at radius 1 is 0.969 bits per heavy atom. The highest BCUT2D eigenvalue weighted by atomic mass is 32.2. The summed E-state index contributed by atoms with van der Waals surface area (Å²) in [6.45, 7) is 3.44. The first-order valence-corrected chi connectivity index (χ1v) is 12.5. The molecule has 0 unspecified atom stereocenters. The third-order valence-corrected chi connectivity index (χ3v) is 8.21. The second-order valence-corrected chi connectivity index (χ2v) is 10.3. The molecular formula is C21H29FN4O5S. The lowest BCUT2D eigenvalue weighted by Gasteiger charge is -2.34. The molecule has 3 saturated heterocycles. The van der Waals surface area contributed by atoms with Gasteiger partial charge in [0.15, 0.2) is 0 Å². The number of urea groups is 1. The maximum absolute atomic E-state index is 14.4. The molecule has 0 atom stereocenters. The van der Waals surface area contributed by atoms with Crippen molar-refractivity contribution < 1.29 is 27.1 Å². The third kappa shape index (κ3) is 4.89. The van der Waals surface area contributed by atoms with Crippen LogP contribution in [-0.2, 0) is 19.6 Å². The molecule has 4 rings (SSSR count). The SMILES string of the molecule is O=C(Nc1ccc(F)c(S(=O)(=O)N2CCOCC2)c1)C1CCN(C(=O)N2CCCC2)CC1. The molecule has 0 aromatic heterocycles. The standard InChI is InChI=1S/C21H29FN4O5S/c22-18-4-3-17(15-19(18)32(29,30)26-11-13-31-14-12-26)23-20(27)16-5-9-25(10-6-16)21(28)24-7-1-2-8-24/h3-4,15-16H,1-2,5-14H2,(H,23,27). The van der Waals surface area contributed by atoms with Gasteiger partial charge in [-0.25, -0.2) is 17.6 Å². The van der Waals surface area contributed by atoms with Gasteiger partial charge in [0.25, 0.3) is 0 Å². The summed E-state index contributed by atoms with van der Waals surface area (Å²) in [6.07, 6.45) is 3.13. The number of hydrogen-bond donors (Lipinski definition) is 1. The normalized spacial score (nSPS) is 21.0. The van der Waals surface area contributed by atoms with Gasteiger partial charge in [0.2, 0.25) is 15.9 Å². The Hall–Kier alpha value is -2.24. The van der Waals surface area contributed by atoms with E-state index in [0.29, 0.717) is 25.9 Å². The molecule has 9 nitrogen and oxygen atoms in total. The Morgan fingerprint density at radius 3 is 2.25 bits per heavy atom. The van der Waals surface area contributed by atoms with Crippen molar-refractivity contribution in [2.75, 3.05) is 57.8 Å². The van der Waals surface area contributed by atoms with Crippen LogP contribution in [0.15, 0.2) is 23.1 Å². The largest absolute Gasteiger partial charge is 0.379 e. The average Bonchev–Trinajstić information content (AvgIpc) is 3.35. The monoisotopic (exact) mass is 468 g/mol. The Kier molecular flexibility index (Phi) is 6.96. The zero-order valence-electron chi connectivity index (χ0n) is 18.0. The van der Waals surface area contributed by atoms with Crippen molar-refractivity contribution in [3.05, 3.63) is 24.0 Å². The second kappa shape index (κ2) is 9.72. The van der Waals surface area contributed by atoms with Crippen molar-refractivity contribution in [3.8, 4) is 0 Å². The lowest BCUT2D eigenvalue weighted by Crippen LogP contribution is -2.47. The highest BCUT2D eigenvalue weighted by molar-refractivity contribution is 7.89. The van der Waals surface area contributed by atoms with Gasteiger partial charge in [-0.15, -0.1) is 0 Å². The van der Waals surface area contributed by atoms with Gasteiger partial charge in [0.1, 0.15) is 10.7 Å². The highest BCUT2D eigenvalue weighted by Gasteiger charge is 2.32. The topological polar surface area (TPSA) is 99.3 Å². The molecule has 3 fully saturated rings. The molecule has 0 bridgehead atoms. The fraction of sp³-hybridized carbons (Fsp3) is 0.619. The maximum Gasteiger partial charge on any atom is 0.319 e. The van der Waals surface area contributed by atoms with E-state index in [0.717, 1.165) is 32.0 Å². The number of benzene rings is 1. The lowest BCUT2D eigenvalue weighted by molar-refractivity contribution is -0.121. The van der Waals surface area contributed by atoms with Crippen LogP contribution in [0, 0.1) is 11.7 Å². The number of amides is 3. The summed E-state index contributed by atoms with van der Waals surface area (Å²) in [7, 11) is -4.02. The molecule has 0 aliphatic carbocycles. The van der Waals surface area contributed by atoms with Crippen LogP contribution in [0.5, 0.6) is 0 Å². The van der Waals surface area contributed by atoms with E-state index < -0.39 is 20.7 Å². The minimum Gasteiger partial charge on any atom is -0.379 e. The predicted molar refractivity (Wildman–Crippen MR) is 115 cm³/mol. The number of sulfonamides is 1. The molecule has 176 valence electrons. The van der Waals surface area contributed by atoms with Crippen LogP contribution in [-0.4, -0.2) is 86.9 Å². The van der Waals surface area contributed by atoms with E-state index in [9.17, 15) is 22.4 Å². The lowest BCUT2D eigenvalue weighted by atomic mass is 9.96. The third-order valence-electron chi connectivity index (χ3n) is 6.30. The number of carbonyl (C=O) groups is 2. The first-order chi connectivity index (χ1) is 15.4. The van der Waals surface area contributed by atoms with Gasteiger partial charge in [-0.3, -0.25) is 4.79 Å². The Labute approximate surface area is 187 Å². The zero-order chi connectivity index (χ0) is 22.7. The van der Waals surface area contributed by atoms with Crippen molar-refractivity contribution in [3.63, 3.8) is 0 Å². The molecule has 3 amide bonds. The molecule has 3 aliphatic rings. The van der Waals surface area contributed by atoms with E-state index in [1.165, 1.54) is 16.4 Å². The summed E-state index contributed by atoms with van der Waals surface area (Å²) in [6, 6.07) is 3.62.